The molecule has 1 amide bonds. The van der Waals surface area contributed by atoms with E-state index in [-0.39, 0.29) is 12.1 Å². The third-order valence-corrected chi connectivity index (χ3v) is 5.59. The van der Waals surface area contributed by atoms with Crippen LogP contribution < -0.4 is 4.90 Å². The number of ether oxygens (including phenoxy) is 1. The van der Waals surface area contributed by atoms with Crippen molar-refractivity contribution in [2.24, 2.45) is 0 Å². The number of pyridine rings is 1. The van der Waals surface area contributed by atoms with Crippen LogP contribution in [0, 0.1) is 0 Å². The monoisotopic (exact) mass is 373 g/mol. The van der Waals surface area contributed by atoms with E-state index < -0.39 is 5.60 Å². The van der Waals surface area contributed by atoms with Crippen LogP contribution in [0.3, 0.4) is 0 Å². The summed E-state index contributed by atoms with van der Waals surface area (Å²) in [7, 11) is 0. The molecule has 1 aliphatic heterocycles. The number of carbonyl (C=O) groups excluding carboxylic acids is 1. The van der Waals surface area contributed by atoms with Crippen molar-refractivity contribution < 1.29 is 9.53 Å². The van der Waals surface area contributed by atoms with Gasteiger partial charge in [0.15, 0.2) is 0 Å². The molecule has 2 aliphatic rings. The van der Waals surface area contributed by atoms with Crippen molar-refractivity contribution in [2.75, 3.05) is 18.0 Å². The first-order valence-electron chi connectivity index (χ1n) is 10.6. The highest BCUT2D eigenvalue weighted by Gasteiger charge is 2.34. The largest absolute Gasteiger partial charge is 0.443 e. The van der Waals surface area contributed by atoms with Crippen LogP contribution >= 0.6 is 0 Å². The standard InChI is InChI=1S/C22H35N3O2/c1-5-6-14-24-15-8-11-19(24)17-12-13-20(23-16-17)25(18-9-7-10-18)21(26)27-22(2,3)4/h12-13,16,18-19H,5-11,14-15H2,1-4H3/t19-/m0/s1. The van der Waals surface area contributed by atoms with Crippen molar-refractivity contribution in [1.29, 1.82) is 0 Å². The Kier molecular flexibility index (Phi) is 6.40. The maximum atomic E-state index is 12.8. The second-order valence-corrected chi connectivity index (χ2v) is 8.93. The lowest BCUT2D eigenvalue weighted by atomic mass is 9.91. The fourth-order valence-corrected chi connectivity index (χ4v) is 3.96. The van der Waals surface area contributed by atoms with E-state index in [2.05, 4.69) is 17.9 Å². The van der Waals surface area contributed by atoms with Crippen LogP contribution in [0.1, 0.15) is 84.2 Å². The Labute approximate surface area is 164 Å². The van der Waals surface area contributed by atoms with Crippen LogP contribution in [0.2, 0.25) is 0 Å². The van der Waals surface area contributed by atoms with Crippen LogP contribution in [0.5, 0.6) is 0 Å². The lowest BCUT2D eigenvalue weighted by molar-refractivity contribution is 0.0548. The van der Waals surface area contributed by atoms with Gasteiger partial charge in [0, 0.05) is 18.3 Å². The number of anilines is 1. The van der Waals surface area contributed by atoms with Crippen molar-refractivity contribution in [3.63, 3.8) is 0 Å². The van der Waals surface area contributed by atoms with Gasteiger partial charge in [0.05, 0.1) is 0 Å². The molecule has 2 heterocycles. The number of hydrogen-bond acceptors (Lipinski definition) is 4. The molecule has 150 valence electrons. The Morgan fingerprint density at radius 3 is 2.59 bits per heavy atom. The SMILES string of the molecule is CCCCN1CCC[C@H]1c1ccc(N(C(=O)OC(C)(C)C)C2CCC2)nc1. The molecule has 0 spiro atoms. The van der Waals surface area contributed by atoms with Gasteiger partial charge in [-0.3, -0.25) is 9.80 Å². The van der Waals surface area contributed by atoms with Crippen LogP contribution in [-0.4, -0.2) is 40.7 Å². The first-order chi connectivity index (χ1) is 12.9. The van der Waals surface area contributed by atoms with Gasteiger partial charge in [-0.05, 0) is 84.0 Å². The predicted molar refractivity (Wildman–Crippen MR) is 109 cm³/mol. The second-order valence-electron chi connectivity index (χ2n) is 8.93. The van der Waals surface area contributed by atoms with Crippen molar-refractivity contribution >= 4 is 11.9 Å². The number of amides is 1. The summed E-state index contributed by atoms with van der Waals surface area (Å²) in [5.41, 5.74) is 0.771. The van der Waals surface area contributed by atoms with Gasteiger partial charge in [0.25, 0.3) is 0 Å². The maximum absolute atomic E-state index is 12.8. The van der Waals surface area contributed by atoms with E-state index in [1.54, 1.807) is 4.90 Å². The van der Waals surface area contributed by atoms with E-state index in [4.69, 9.17) is 9.72 Å². The third-order valence-electron chi connectivity index (χ3n) is 5.59. The molecule has 1 aliphatic carbocycles. The molecule has 1 saturated heterocycles. The predicted octanol–water partition coefficient (Wildman–Crippen LogP) is 5.31. The Morgan fingerprint density at radius 1 is 1.26 bits per heavy atom. The van der Waals surface area contributed by atoms with Gasteiger partial charge < -0.3 is 4.74 Å². The van der Waals surface area contributed by atoms with Crippen LogP contribution in [-0.2, 0) is 4.74 Å². The molecule has 5 nitrogen and oxygen atoms in total. The van der Waals surface area contributed by atoms with E-state index in [0.29, 0.717) is 6.04 Å². The molecule has 3 rings (SSSR count). The van der Waals surface area contributed by atoms with Crippen LogP contribution in [0.25, 0.3) is 0 Å². The van der Waals surface area contributed by atoms with Crippen LogP contribution in [0.4, 0.5) is 10.6 Å². The topological polar surface area (TPSA) is 45.7 Å². The molecular weight excluding hydrogens is 338 g/mol. The average molecular weight is 374 g/mol. The van der Waals surface area contributed by atoms with Gasteiger partial charge in [0.1, 0.15) is 11.4 Å². The van der Waals surface area contributed by atoms with Crippen molar-refractivity contribution in [2.45, 2.75) is 90.3 Å². The Morgan fingerprint density at radius 2 is 2.04 bits per heavy atom. The fourth-order valence-electron chi connectivity index (χ4n) is 3.96. The van der Waals surface area contributed by atoms with Gasteiger partial charge in [-0.2, -0.15) is 0 Å². The Bertz CT molecular complexity index is 619. The average Bonchev–Trinajstić information content (AvgIpc) is 3.03. The summed E-state index contributed by atoms with van der Waals surface area (Å²) in [5, 5.41) is 0. The summed E-state index contributed by atoms with van der Waals surface area (Å²) in [4.78, 5) is 21.8. The molecule has 0 radical (unpaired) electrons. The Balaban J connectivity index is 1.74. The minimum absolute atomic E-state index is 0.214. The number of carbonyl (C=O) groups is 1. The lowest BCUT2D eigenvalue weighted by Gasteiger charge is -2.37. The molecule has 27 heavy (non-hydrogen) atoms. The van der Waals surface area contributed by atoms with E-state index in [1.165, 1.54) is 37.8 Å². The Hall–Kier alpha value is -1.62. The molecule has 0 N–H and O–H groups in total. The van der Waals surface area contributed by atoms with Crippen LogP contribution in [0.15, 0.2) is 18.3 Å². The quantitative estimate of drug-likeness (QED) is 0.678. The van der Waals surface area contributed by atoms with E-state index in [0.717, 1.165) is 31.6 Å². The first-order valence-corrected chi connectivity index (χ1v) is 10.6. The van der Waals surface area contributed by atoms with E-state index in [1.807, 2.05) is 33.0 Å². The molecule has 0 unspecified atom stereocenters. The van der Waals surface area contributed by atoms with Gasteiger partial charge in [-0.15, -0.1) is 0 Å². The van der Waals surface area contributed by atoms with Gasteiger partial charge in [-0.25, -0.2) is 9.78 Å². The van der Waals surface area contributed by atoms with E-state index in [9.17, 15) is 4.79 Å². The number of nitrogens with zero attached hydrogens (tertiary/aromatic N) is 3. The van der Waals surface area contributed by atoms with Gasteiger partial charge >= 0.3 is 6.09 Å². The first kappa shape index (κ1) is 20.1. The zero-order valence-electron chi connectivity index (χ0n) is 17.4. The molecule has 1 aromatic rings. The molecule has 1 atom stereocenters. The minimum Gasteiger partial charge on any atom is -0.443 e. The second kappa shape index (κ2) is 8.59. The van der Waals surface area contributed by atoms with Crippen molar-refractivity contribution in [1.82, 2.24) is 9.88 Å². The number of aromatic nitrogens is 1. The minimum atomic E-state index is -0.497. The summed E-state index contributed by atoms with van der Waals surface area (Å²) in [6, 6.07) is 4.85. The zero-order chi connectivity index (χ0) is 19.4. The summed E-state index contributed by atoms with van der Waals surface area (Å²) in [5.74, 6) is 0.718. The maximum Gasteiger partial charge on any atom is 0.416 e. The fraction of sp³-hybridized carbons (Fsp3) is 0.727. The summed E-state index contributed by atoms with van der Waals surface area (Å²) < 4.78 is 5.64. The number of likely N-dealkylation sites (tertiary alicyclic amines) is 1. The molecule has 5 heteroatoms. The highest BCUT2D eigenvalue weighted by Crippen LogP contribution is 2.34. The van der Waals surface area contributed by atoms with Crippen molar-refractivity contribution in [3.8, 4) is 0 Å². The number of unbranched alkanes of at least 4 members (excludes halogenated alkanes) is 1. The zero-order valence-corrected chi connectivity index (χ0v) is 17.4. The van der Waals surface area contributed by atoms with Crippen molar-refractivity contribution in [3.05, 3.63) is 23.9 Å². The molecule has 1 aromatic heterocycles. The highest BCUT2D eigenvalue weighted by molar-refractivity contribution is 5.87. The number of rotatable bonds is 6. The third kappa shape index (κ3) is 5.01. The molecule has 0 bridgehead atoms. The molecular formula is C22H35N3O2. The summed E-state index contributed by atoms with van der Waals surface area (Å²) >= 11 is 0. The summed E-state index contributed by atoms with van der Waals surface area (Å²) in [6.07, 6.45) is 9.83. The highest BCUT2D eigenvalue weighted by atomic mass is 16.6. The number of hydrogen-bond donors (Lipinski definition) is 0. The molecule has 0 aromatic carbocycles. The smallest absolute Gasteiger partial charge is 0.416 e. The van der Waals surface area contributed by atoms with Gasteiger partial charge in [0.2, 0.25) is 0 Å². The lowest BCUT2D eigenvalue weighted by Crippen LogP contribution is -2.47. The molecule has 2 fully saturated rings. The summed E-state index contributed by atoms with van der Waals surface area (Å²) in [6.45, 7) is 10.3. The normalized spacial score (nSPS) is 21.1. The molecule has 1 saturated carbocycles. The van der Waals surface area contributed by atoms with E-state index >= 15 is 0 Å². The van der Waals surface area contributed by atoms with Gasteiger partial charge in [-0.1, -0.05) is 19.4 Å².